The summed E-state index contributed by atoms with van der Waals surface area (Å²) in [5.74, 6) is 0.197. The van der Waals surface area contributed by atoms with Crippen molar-refractivity contribution in [3.05, 3.63) is 52.6 Å². The molecule has 1 fully saturated rings. The molecule has 0 unspecified atom stereocenters. The zero-order valence-electron chi connectivity index (χ0n) is 18.3. The Bertz CT molecular complexity index is 1040. The number of hydrogen-bond acceptors (Lipinski definition) is 4. The van der Waals surface area contributed by atoms with Gasteiger partial charge in [-0.3, -0.25) is 14.5 Å². The zero-order chi connectivity index (χ0) is 21.8. The van der Waals surface area contributed by atoms with Crippen molar-refractivity contribution in [2.75, 3.05) is 5.75 Å². The summed E-state index contributed by atoms with van der Waals surface area (Å²) in [5, 5.41) is 10.6. The van der Waals surface area contributed by atoms with E-state index in [1.54, 1.807) is 6.07 Å². The summed E-state index contributed by atoms with van der Waals surface area (Å²) in [6.45, 7) is 11.5. The highest BCUT2D eigenvalue weighted by molar-refractivity contribution is 8.14. The van der Waals surface area contributed by atoms with Gasteiger partial charge < -0.3 is 5.11 Å². The van der Waals surface area contributed by atoms with Crippen LogP contribution in [0.5, 0.6) is 5.75 Å². The fraction of sp³-hybridized carbons (Fsp3) is 0.440. The van der Waals surface area contributed by atoms with E-state index in [9.17, 15) is 14.7 Å². The Kier molecular flexibility index (Phi) is 5.00. The predicted molar refractivity (Wildman–Crippen MR) is 122 cm³/mol. The third-order valence-corrected chi connectivity index (χ3v) is 7.59. The lowest BCUT2D eigenvalue weighted by Gasteiger charge is -2.42. The van der Waals surface area contributed by atoms with Crippen LogP contribution >= 0.6 is 11.8 Å². The van der Waals surface area contributed by atoms with Crippen LogP contribution in [-0.4, -0.2) is 26.9 Å². The second-order valence-corrected chi connectivity index (χ2v) is 10.8. The van der Waals surface area contributed by atoms with Crippen molar-refractivity contribution in [3.8, 4) is 16.9 Å². The van der Waals surface area contributed by atoms with Crippen LogP contribution < -0.4 is 0 Å². The molecule has 0 aromatic heterocycles. The van der Waals surface area contributed by atoms with Crippen LogP contribution in [0.3, 0.4) is 0 Å². The molecule has 0 saturated carbocycles. The number of phenols is 1. The minimum Gasteiger partial charge on any atom is -0.507 e. The first-order valence-corrected chi connectivity index (χ1v) is 11.4. The van der Waals surface area contributed by atoms with Crippen LogP contribution in [0.25, 0.3) is 11.1 Å². The molecule has 2 amide bonds. The van der Waals surface area contributed by atoms with E-state index in [0.29, 0.717) is 0 Å². The topological polar surface area (TPSA) is 57.6 Å². The van der Waals surface area contributed by atoms with Gasteiger partial charge in [-0.05, 0) is 70.5 Å². The minimum absolute atomic E-state index is 0.0943. The summed E-state index contributed by atoms with van der Waals surface area (Å²) >= 11 is 1.03. The molecule has 0 radical (unpaired) electrons. The summed E-state index contributed by atoms with van der Waals surface area (Å²) in [5.41, 5.74) is 6.71. The first-order chi connectivity index (χ1) is 14.0. The molecular weight excluding hydrogens is 394 g/mol. The first kappa shape index (κ1) is 21.0. The quantitative estimate of drug-likeness (QED) is 0.666. The molecule has 30 heavy (non-hydrogen) atoms. The Labute approximate surface area is 182 Å². The highest BCUT2D eigenvalue weighted by Crippen LogP contribution is 2.48. The van der Waals surface area contributed by atoms with Crippen molar-refractivity contribution in [1.29, 1.82) is 0 Å². The van der Waals surface area contributed by atoms with Crippen molar-refractivity contribution in [2.45, 2.75) is 64.8 Å². The van der Waals surface area contributed by atoms with Gasteiger partial charge in [0.2, 0.25) is 5.91 Å². The molecule has 2 aromatic rings. The lowest BCUT2D eigenvalue weighted by atomic mass is 9.62. The van der Waals surface area contributed by atoms with Crippen LogP contribution in [0.15, 0.2) is 30.3 Å². The largest absolute Gasteiger partial charge is 0.507 e. The Morgan fingerprint density at radius 2 is 1.60 bits per heavy atom. The Morgan fingerprint density at radius 3 is 2.17 bits per heavy atom. The molecule has 0 atom stereocenters. The van der Waals surface area contributed by atoms with E-state index in [4.69, 9.17) is 0 Å². The van der Waals surface area contributed by atoms with E-state index in [1.165, 1.54) is 16.0 Å². The first-order valence-electron chi connectivity index (χ1n) is 10.4. The summed E-state index contributed by atoms with van der Waals surface area (Å²) in [6, 6.07) is 10.0. The average Bonchev–Trinajstić information content (AvgIpc) is 2.98. The number of aromatic hydroxyl groups is 1. The molecule has 1 saturated heterocycles. The standard InChI is InChI=1S/C25H29NO3S/c1-15-10-19-20(25(4,5)9-8-24(19,2)3)12-18(15)17-7-6-16(11-21(17)27)13-26-22(28)14-30-23(26)29/h6-7,10-12,27H,8-9,13-14H2,1-5H3. The van der Waals surface area contributed by atoms with Gasteiger partial charge in [-0.2, -0.15) is 0 Å². The fourth-order valence-corrected chi connectivity index (χ4v) is 5.36. The summed E-state index contributed by atoms with van der Waals surface area (Å²) in [4.78, 5) is 25.0. The SMILES string of the molecule is Cc1cc2c(cc1-c1ccc(CN3C(=O)CSC3=O)cc1O)C(C)(C)CCC2(C)C. The molecule has 0 spiro atoms. The van der Waals surface area contributed by atoms with Crippen LogP contribution in [0.4, 0.5) is 4.79 Å². The number of carbonyl (C=O) groups excluding carboxylic acids is 2. The van der Waals surface area contributed by atoms with Crippen LogP contribution in [-0.2, 0) is 22.2 Å². The third-order valence-electron chi connectivity index (χ3n) is 6.73. The Balaban J connectivity index is 1.73. The smallest absolute Gasteiger partial charge is 0.289 e. The maximum Gasteiger partial charge on any atom is 0.289 e. The van der Waals surface area contributed by atoms with E-state index in [-0.39, 0.29) is 40.0 Å². The van der Waals surface area contributed by atoms with Crippen molar-refractivity contribution in [2.24, 2.45) is 0 Å². The number of carbonyl (C=O) groups is 2. The van der Waals surface area contributed by atoms with E-state index in [0.717, 1.165) is 46.9 Å². The zero-order valence-corrected chi connectivity index (χ0v) is 19.2. The normalized spacial score (nSPS) is 19.8. The number of rotatable bonds is 3. The van der Waals surface area contributed by atoms with Gasteiger partial charge in [-0.1, -0.05) is 57.7 Å². The van der Waals surface area contributed by atoms with Gasteiger partial charge in [0.05, 0.1) is 12.3 Å². The lowest BCUT2D eigenvalue weighted by molar-refractivity contribution is -0.125. The monoisotopic (exact) mass is 423 g/mol. The number of phenolic OH excluding ortho intramolecular Hbond substituents is 1. The number of nitrogens with zero attached hydrogens (tertiary/aromatic N) is 1. The van der Waals surface area contributed by atoms with Gasteiger partial charge >= 0.3 is 0 Å². The molecule has 1 aliphatic heterocycles. The molecule has 2 aromatic carbocycles. The van der Waals surface area contributed by atoms with E-state index in [1.807, 2.05) is 12.1 Å². The second kappa shape index (κ2) is 7.16. The van der Waals surface area contributed by atoms with Crippen molar-refractivity contribution < 1.29 is 14.7 Å². The minimum atomic E-state index is -0.223. The molecular formula is C25H29NO3S. The summed E-state index contributed by atoms with van der Waals surface area (Å²) < 4.78 is 0. The molecule has 1 aliphatic carbocycles. The van der Waals surface area contributed by atoms with Gasteiger partial charge in [0.1, 0.15) is 5.75 Å². The number of amides is 2. The van der Waals surface area contributed by atoms with Gasteiger partial charge in [0, 0.05) is 5.56 Å². The number of benzene rings is 2. The van der Waals surface area contributed by atoms with Crippen LogP contribution in [0.2, 0.25) is 0 Å². The Hall–Kier alpha value is -2.27. The van der Waals surface area contributed by atoms with Gasteiger partial charge in [-0.25, -0.2) is 0 Å². The maximum atomic E-state index is 11.9. The molecule has 5 heteroatoms. The lowest BCUT2D eigenvalue weighted by Crippen LogP contribution is -2.34. The van der Waals surface area contributed by atoms with Crippen molar-refractivity contribution in [1.82, 2.24) is 4.90 Å². The van der Waals surface area contributed by atoms with Crippen LogP contribution in [0, 0.1) is 6.92 Å². The molecule has 2 aliphatic rings. The van der Waals surface area contributed by atoms with E-state index in [2.05, 4.69) is 46.8 Å². The number of imide groups is 1. The predicted octanol–water partition coefficient (Wildman–Crippen LogP) is 5.91. The van der Waals surface area contributed by atoms with Crippen LogP contribution in [0.1, 0.15) is 62.8 Å². The van der Waals surface area contributed by atoms with Crippen molar-refractivity contribution >= 4 is 22.9 Å². The van der Waals surface area contributed by atoms with E-state index < -0.39 is 0 Å². The molecule has 4 nitrogen and oxygen atoms in total. The van der Waals surface area contributed by atoms with Gasteiger partial charge in [0.15, 0.2) is 0 Å². The third kappa shape index (κ3) is 3.53. The number of aryl methyl sites for hydroxylation is 1. The number of hydrogen-bond donors (Lipinski definition) is 1. The Morgan fingerprint density at radius 1 is 0.967 bits per heavy atom. The molecule has 1 heterocycles. The second-order valence-electron chi connectivity index (χ2n) is 9.87. The summed E-state index contributed by atoms with van der Waals surface area (Å²) in [7, 11) is 0. The molecule has 0 bridgehead atoms. The summed E-state index contributed by atoms with van der Waals surface area (Å²) in [6.07, 6.45) is 2.30. The highest BCUT2D eigenvalue weighted by atomic mass is 32.2. The highest BCUT2D eigenvalue weighted by Gasteiger charge is 2.37. The number of fused-ring (bicyclic) bond motifs is 1. The van der Waals surface area contributed by atoms with Gasteiger partial charge in [-0.15, -0.1) is 0 Å². The van der Waals surface area contributed by atoms with Crippen molar-refractivity contribution in [3.63, 3.8) is 0 Å². The maximum absolute atomic E-state index is 11.9. The fourth-order valence-electron chi connectivity index (χ4n) is 4.63. The average molecular weight is 424 g/mol. The molecule has 158 valence electrons. The van der Waals surface area contributed by atoms with E-state index >= 15 is 0 Å². The number of thioether (sulfide) groups is 1. The molecule has 1 N–H and O–H groups in total. The van der Waals surface area contributed by atoms with Gasteiger partial charge in [0.25, 0.3) is 5.24 Å². The molecule has 4 rings (SSSR count).